The van der Waals surface area contributed by atoms with Crippen LogP contribution in [0.1, 0.15) is 12.8 Å². The molecule has 0 aliphatic heterocycles. The minimum Gasteiger partial charge on any atom is -0.325 e. The van der Waals surface area contributed by atoms with Crippen LogP contribution in [0.4, 0.5) is 10.1 Å². The van der Waals surface area contributed by atoms with Crippen LogP contribution in [0, 0.1) is 11.7 Å². The molecule has 5 nitrogen and oxygen atoms in total. The molecule has 0 atom stereocenters. The summed E-state index contributed by atoms with van der Waals surface area (Å²) in [6.45, 7) is 1.13. The van der Waals surface area contributed by atoms with Crippen molar-refractivity contribution < 1.29 is 9.18 Å². The van der Waals surface area contributed by atoms with Crippen LogP contribution in [0.2, 0.25) is 0 Å². The molecule has 1 heterocycles. The minimum absolute atomic E-state index is 0. The first kappa shape index (κ1) is 19.4. The van der Waals surface area contributed by atoms with E-state index >= 15 is 0 Å². The Morgan fingerprint density at radius 2 is 2.13 bits per heavy atom. The Bertz CT molecular complexity index is 632. The quantitative estimate of drug-likeness (QED) is 0.832. The molecule has 126 valence electrons. The standard InChI is InChI=1S/C15H17FN4O.2ClH/c16-13-7-12(3-4-14(13)20-6-5-17-10-20)19-15(21)9-18-8-11-1-2-11;;/h3-7,10-11,18H,1-2,8-9H2,(H,19,21);2*1H. The first-order valence-corrected chi connectivity index (χ1v) is 7.01. The molecule has 0 spiro atoms. The molecule has 1 aliphatic rings. The topological polar surface area (TPSA) is 59.0 Å². The van der Waals surface area contributed by atoms with E-state index in [1.54, 1.807) is 29.1 Å². The maximum atomic E-state index is 14.0. The molecule has 1 aromatic heterocycles. The zero-order chi connectivity index (χ0) is 14.7. The Kier molecular flexibility index (Phi) is 7.48. The Balaban J connectivity index is 0.00000132. The van der Waals surface area contributed by atoms with Crippen LogP contribution in [0.25, 0.3) is 5.69 Å². The van der Waals surface area contributed by atoms with E-state index in [1.807, 2.05) is 0 Å². The van der Waals surface area contributed by atoms with Crippen LogP contribution in [-0.2, 0) is 4.79 Å². The van der Waals surface area contributed by atoms with Crippen LogP contribution in [0.5, 0.6) is 0 Å². The minimum atomic E-state index is -0.406. The van der Waals surface area contributed by atoms with Crippen molar-refractivity contribution in [2.24, 2.45) is 5.92 Å². The number of halogens is 3. The van der Waals surface area contributed by atoms with Crippen molar-refractivity contribution in [2.45, 2.75) is 12.8 Å². The third-order valence-electron chi connectivity index (χ3n) is 3.43. The van der Waals surface area contributed by atoms with E-state index in [2.05, 4.69) is 15.6 Å². The summed E-state index contributed by atoms with van der Waals surface area (Å²) in [5.41, 5.74) is 0.854. The van der Waals surface area contributed by atoms with Crippen LogP contribution in [-0.4, -0.2) is 28.5 Å². The summed E-state index contributed by atoms with van der Waals surface area (Å²) >= 11 is 0. The second-order valence-electron chi connectivity index (χ2n) is 5.26. The highest BCUT2D eigenvalue weighted by Gasteiger charge is 2.20. The largest absolute Gasteiger partial charge is 0.325 e. The average Bonchev–Trinajstić information content (AvgIpc) is 3.11. The molecule has 3 rings (SSSR count). The number of aromatic nitrogens is 2. The van der Waals surface area contributed by atoms with Gasteiger partial charge < -0.3 is 15.2 Å². The normalized spacial score (nSPS) is 12.9. The SMILES string of the molecule is Cl.Cl.O=C(CNCC1CC1)Nc1ccc(-n2ccnc2)c(F)c1. The van der Waals surface area contributed by atoms with E-state index < -0.39 is 5.82 Å². The molecule has 0 bridgehead atoms. The summed E-state index contributed by atoms with van der Waals surface area (Å²) in [6, 6.07) is 4.61. The number of carbonyl (C=O) groups is 1. The lowest BCUT2D eigenvalue weighted by molar-refractivity contribution is -0.115. The Morgan fingerprint density at radius 1 is 1.35 bits per heavy atom. The summed E-state index contributed by atoms with van der Waals surface area (Å²) < 4.78 is 15.6. The van der Waals surface area contributed by atoms with Crippen LogP contribution < -0.4 is 10.6 Å². The number of hydrogen-bond acceptors (Lipinski definition) is 3. The van der Waals surface area contributed by atoms with Gasteiger partial charge in [-0.2, -0.15) is 0 Å². The van der Waals surface area contributed by atoms with Gasteiger partial charge in [0.1, 0.15) is 5.82 Å². The maximum absolute atomic E-state index is 14.0. The van der Waals surface area contributed by atoms with Gasteiger partial charge in [0.2, 0.25) is 5.91 Å². The highest BCUT2D eigenvalue weighted by atomic mass is 35.5. The van der Waals surface area contributed by atoms with Gasteiger partial charge in [0.05, 0.1) is 18.6 Å². The van der Waals surface area contributed by atoms with Gasteiger partial charge in [0, 0.05) is 18.1 Å². The molecule has 0 saturated heterocycles. The Hall–Kier alpha value is -1.63. The number of nitrogens with one attached hydrogen (secondary N) is 2. The molecular formula is C15H19Cl2FN4O. The average molecular weight is 361 g/mol. The summed E-state index contributed by atoms with van der Waals surface area (Å²) in [5, 5.41) is 5.78. The Morgan fingerprint density at radius 3 is 2.74 bits per heavy atom. The van der Waals surface area contributed by atoms with Crippen LogP contribution in [0.15, 0.2) is 36.9 Å². The molecule has 2 aromatic rings. The van der Waals surface area contributed by atoms with Gasteiger partial charge in [-0.3, -0.25) is 4.79 Å². The lowest BCUT2D eigenvalue weighted by Crippen LogP contribution is -2.29. The number of hydrogen-bond donors (Lipinski definition) is 2. The first-order chi connectivity index (χ1) is 10.2. The van der Waals surface area contributed by atoms with E-state index in [4.69, 9.17) is 0 Å². The fourth-order valence-corrected chi connectivity index (χ4v) is 2.11. The molecule has 1 aromatic carbocycles. The first-order valence-electron chi connectivity index (χ1n) is 7.01. The maximum Gasteiger partial charge on any atom is 0.238 e. The molecule has 1 saturated carbocycles. The zero-order valence-electron chi connectivity index (χ0n) is 12.4. The zero-order valence-corrected chi connectivity index (χ0v) is 14.0. The van der Waals surface area contributed by atoms with Gasteiger partial charge >= 0.3 is 0 Å². The second-order valence-corrected chi connectivity index (χ2v) is 5.26. The highest BCUT2D eigenvalue weighted by Crippen LogP contribution is 2.27. The van der Waals surface area contributed by atoms with Crippen molar-refractivity contribution in [3.8, 4) is 5.69 Å². The van der Waals surface area contributed by atoms with Crippen molar-refractivity contribution in [3.05, 3.63) is 42.7 Å². The summed E-state index contributed by atoms with van der Waals surface area (Å²) in [4.78, 5) is 15.6. The number of anilines is 1. The monoisotopic (exact) mass is 360 g/mol. The third-order valence-corrected chi connectivity index (χ3v) is 3.43. The van der Waals surface area contributed by atoms with Gasteiger partial charge in [-0.25, -0.2) is 9.37 Å². The molecule has 8 heteroatoms. The fraction of sp³-hybridized carbons (Fsp3) is 0.333. The van der Waals surface area contributed by atoms with Crippen LogP contribution >= 0.6 is 24.8 Å². The van der Waals surface area contributed by atoms with Crippen LogP contribution in [0.3, 0.4) is 0 Å². The second kappa shape index (κ2) is 8.86. The van der Waals surface area contributed by atoms with E-state index in [-0.39, 0.29) is 37.3 Å². The Labute approximate surface area is 146 Å². The summed E-state index contributed by atoms with van der Waals surface area (Å²) in [6.07, 6.45) is 7.27. The van der Waals surface area contributed by atoms with Crippen molar-refractivity contribution >= 4 is 36.4 Å². The van der Waals surface area contributed by atoms with E-state index in [9.17, 15) is 9.18 Å². The molecule has 2 N–H and O–H groups in total. The molecule has 1 fully saturated rings. The predicted octanol–water partition coefficient (Wildman–Crippen LogP) is 2.79. The number of carbonyl (C=O) groups excluding carboxylic acids is 1. The summed E-state index contributed by atoms with van der Waals surface area (Å²) in [5.74, 6) is 0.159. The molecule has 23 heavy (non-hydrogen) atoms. The van der Waals surface area contributed by atoms with E-state index in [0.717, 1.165) is 12.5 Å². The molecule has 0 radical (unpaired) electrons. The molecule has 0 unspecified atom stereocenters. The van der Waals surface area contributed by atoms with Gasteiger partial charge in [-0.1, -0.05) is 0 Å². The van der Waals surface area contributed by atoms with Crippen molar-refractivity contribution in [3.63, 3.8) is 0 Å². The van der Waals surface area contributed by atoms with E-state index in [1.165, 1.54) is 25.2 Å². The number of benzene rings is 1. The number of imidazole rings is 1. The fourth-order valence-electron chi connectivity index (χ4n) is 2.11. The lowest BCUT2D eigenvalue weighted by Gasteiger charge is -2.09. The lowest BCUT2D eigenvalue weighted by atomic mass is 10.2. The number of amides is 1. The van der Waals surface area contributed by atoms with Crippen molar-refractivity contribution in [1.29, 1.82) is 0 Å². The van der Waals surface area contributed by atoms with Gasteiger partial charge in [-0.15, -0.1) is 24.8 Å². The third kappa shape index (κ3) is 5.49. The van der Waals surface area contributed by atoms with Crippen molar-refractivity contribution in [2.75, 3.05) is 18.4 Å². The van der Waals surface area contributed by atoms with Gasteiger partial charge in [-0.05, 0) is 43.5 Å². The van der Waals surface area contributed by atoms with Crippen molar-refractivity contribution in [1.82, 2.24) is 14.9 Å². The highest BCUT2D eigenvalue weighted by molar-refractivity contribution is 5.92. The molecule has 1 amide bonds. The van der Waals surface area contributed by atoms with Gasteiger partial charge in [0.15, 0.2) is 0 Å². The van der Waals surface area contributed by atoms with E-state index in [0.29, 0.717) is 11.4 Å². The predicted molar refractivity (Wildman–Crippen MR) is 92.2 cm³/mol. The number of rotatable bonds is 6. The van der Waals surface area contributed by atoms with Gasteiger partial charge in [0.25, 0.3) is 0 Å². The molecular weight excluding hydrogens is 342 g/mol. The summed E-state index contributed by atoms with van der Waals surface area (Å²) in [7, 11) is 0. The smallest absolute Gasteiger partial charge is 0.238 e. The number of nitrogens with zero attached hydrogens (tertiary/aromatic N) is 2. The molecule has 1 aliphatic carbocycles.